The average Bonchev–Trinajstić information content (AvgIpc) is 2.15. The number of hydrogen-bond donors (Lipinski definition) is 1. The predicted octanol–water partition coefficient (Wildman–Crippen LogP) is 3.06. The summed E-state index contributed by atoms with van der Waals surface area (Å²) in [6.45, 7) is -1.19. The third-order valence-electron chi connectivity index (χ3n) is 1.58. The van der Waals surface area contributed by atoms with Gasteiger partial charge in [0.2, 0.25) is 0 Å². The van der Waals surface area contributed by atoms with Crippen molar-refractivity contribution in [2.75, 3.05) is 19.0 Å². The van der Waals surface area contributed by atoms with E-state index < -0.39 is 12.8 Å². The number of rotatable bonds is 5. The maximum atomic E-state index is 11.7. The Morgan fingerprint density at radius 2 is 2.06 bits per heavy atom. The largest absolute Gasteiger partial charge is 0.508 e. The normalized spacial score (nSPS) is 11.7. The van der Waals surface area contributed by atoms with Crippen LogP contribution in [0.2, 0.25) is 0 Å². The maximum absolute atomic E-state index is 11.7. The molecule has 0 saturated heterocycles. The number of thioether (sulfide) groups is 1. The molecule has 16 heavy (non-hydrogen) atoms. The molecule has 1 rings (SSSR count). The van der Waals surface area contributed by atoms with Gasteiger partial charge in [-0.3, -0.25) is 0 Å². The van der Waals surface area contributed by atoms with Crippen LogP contribution < -0.4 is 0 Å². The molecule has 0 atom stereocenters. The van der Waals surface area contributed by atoms with Crippen LogP contribution in [0.1, 0.15) is 0 Å². The quantitative estimate of drug-likeness (QED) is 0.645. The van der Waals surface area contributed by atoms with E-state index in [0.29, 0.717) is 5.75 Å². The molecular formula is C10H11F3O2S. The van der Waals surface area contributed by atoms with Crippen LogP contribution in [0.3, 0.4) is 0 Å². The molecule has 0 aliphatic carbocycles. The van der Waals surface area contributed by atoms with Gasteiger partial charge in [-0.25, -0.2) is 0 Å². The van der Waals surface area contributed by atoms with E-state index in [1.807, 2.05) is 0 Å². The number of benzene rings is 1. The maximum Gasteiger partial charge on any atom is 0.411 e. The summed E-state index contributed by atoms with van der Waals surface area (Å²) in [5.74, 6) is 0.556. The zero-order valence-electron chi connectivity index (χ0n) is 8.33. The van der Waals surface area contributed by atoms with E-state index in [1.165, 1.54) is 17.8 Å². The fraction of sp³-hybridized carbons (Fsp3) is 0.400. The summed E-state index contributed by atoms with van der Waals surface area (Å²) in [7, 11) is 0. The lowest BCUT2D eigenvalue weighted by molar-refractivity contribution is -0.172. The fourth-order valence-electron chi connectivity index (χ4n) is 0.980. The lowest BCUT2D eigenvalue weighted by atomic mass is 10.3. The Morgan fingerprint density at radius 3 is 2.69 bits per heavy atom. The van der Waals surface area contributed by atoms with Gasteiger partial charge in [0, 0.05) is 10.6 Å². The fourth-order valence-corrected chi connectivity index (χ4v) is 1.80. The smallest absolute Gasteiger partial charge is 0.411 e. The Kier molecular flexibility index (Phi) is 4.95. The molecule has 0 spiro atoms. The summed E-state index contributed by atoms with van der Waals surface area (Å²) in [5, 5.41) is 9.13. The number of phenolic OH excluding ortho intramolecular Hbond substituents is 1. The molecule has 6 heteroatoms. The summed E-state index contributed by atoms with van der Waals surface area (Å²) in [6, 6.07) is 6.53. The van der Waals surface area contributed by atoms with Crippen molar-refractivity contribution in [1.82, 2.24) is 0 Å². The molecule has 0 radical (unpaired) electrons. The van der Waals surface area contributed by atoms with Gasteiger partial charge < -0.3 is 9.84 Å². The molecule has 1 aromatic carbocycles. The third kappa shape index (κ3) is 5.87. The predicted molar refractivity (Wildman–Crippen MR) is 55.7 cm³/mol. The monoisotopic (exact) mass is 252 g/mol. The summed E-state index contributed by atoms with van der Waals surface area (Å²) < 4.78 is 39.5. The van der Waals surface area contributed by atoms with Gasteiger partial charge in [0.25, 0.3) is 0 Å². The molecule has 1 aromatic rings. The van der Waals surface area contributed by atoms with Gasteiger partial charge in [-0.15, -0.1) is 11.8 Å². The summed E-state index contributed by atoms with van der Waals surface area (Å²) in [4.78, 5) is 0.801. The van der Waals surface area contributed by atoms with Gasteiger partial charge in [0.05, 0.1) is 6.61 Å². The molecule has 90 valence electrons. The molecule has 0 aliphatic rings. The van der Waals surface area contributed by atoms with E-state index in [9.17, 15) is 13.2 Å². The second-order valence-corrected chi connectivity index (χ2v) is 4.18. The van der Waals surface area contributed by atoms with E-state index in [2.05, 4.69) is 4.74 Å². The van der Waals surface area contributed by atoms with Crippen molar-refractivity contribution >= 4 is 11.8 Å². The van der Waals surface area contributed by atoms with Crippen molar-refractivity contribution in [3.05, 3.63) is 24.3 Å². The highest BCUT2D eigenvalue weighted by molar-refractivity contribution is 7.99. The lowest BCUT2D eigenvalue weighted by Gasteiger charge is -2.07. The van der Waals surface area contributed by atoms with Crippen LogP contribution >= 0.6 is 11.8 Å². The number of halogens is 3. The Hall–Kier alpha value is -0.880. The van der Waals surface area contributed by atoms with Gasteiger partial charge >= 0.3 is 6.18 Å². The van der Waals surface area contributed by atoms with E-state index in [1.54, 1.807) is 18.2 Å². The van der Waals surface area contributed by atoms with Crippen LogP contribution in [0.4, 0.5) is 13.2 Å². The minimum Gasteiger partial charge on any atom is -0.508 e. The van der Waals surface area contributed by atoms with Gasteiger partial charge in [0.1, 0.15) is 12.4 Å². The Morgan fingerprint density at radius 1 is 1.31 bits per heavy atom. The molecule has 0 unspecified atom stereocenters. The van der Waals surface area contributed by atoms with Crippen LogP contribution in [-0.2, 0) is 4.74 Å². The second kappa shape index (κ2) is 6.00. The van der Waals surface area contributed by atoms with Crippen molar-refractivity contribution in [3.8, 4) is 5.75 Å². The Labute approximate surface area is 95.4 Å². The zero-order valence-corrected chi connectivity index (χ0v) is 9.14. The highest BCUT2D eigenvalue weighted by Crippen LogP contribution is 2.22. The van der Waals surface area contributed by atoms with Gasteiger partial charge in [-0.2, -0.15) is 13.2 Å². The lowest BCUT2D eigenvalue weighted by Crippen LogP contribution is -2.17. The molecule has 2 nitrogen and oxygen atoms in total. The molecule has 0 bridgehead atoms. The Bertz CT molecular complexity index is 328. The van der Waals surface area contributed by atoms with Crippen molar-refractivity contribution in [2.45, 2.75) is 11.1 Å². The molecule has 1 N–H and O–H groups in total. The highest BCUT2D eigenvalue weighted by atomic mass is 32.2. The minimum absolute atomic E-state index is 0.0276. The number of phenols is 1. The first kappa shape index (κ1) is 13.2. The molecule has 0 fully saturated rings. The standard InChI is InChI=1S/C10H11F3O2S/c11-10(12,13)7-15-4-5-16-9-3-1-2-8(14)6-9/h1-3,6,14H,4-5,7H2. The van der Waals surface area contributed by atoms with Gasteiger partial charge in [0.15, 0.2) is 0 Å². The van der Waals surface area contributed by atoms with Crippen molar-refractivity contribution < 1.29 is 23.0 Å². The first-order chi connectivity index (χ1) is 7.47. The van der Waals surface area contributed by atoms with Crippen LogP contribution in [0.15, 0.2) is 29.2 Å². The van der Waals surface area contributed by atoms with Crippen LogP contribution in [-0.4, -0.2) is 30.2 Å². The van der Waals surface area contributed by atoms with Crippen LogP contribution in [0.5, 0.6) is 5.75 Å². The third-order valence-corrected chi connectivity index (χ3v) is 2.54. The number of ether oxygens (including phenoxy) is 1. The van der Waals surface area contributed by atoms with Gasteiger partial charge in [-0.05, 0) is 18.2 Å². The zero-order chi connectivity index (χ0) is 12.0. The SMILES string of the molecule is Oc1cccc(SCCOCC(F)(F)F)c1. The highest BCUT2D eigenvalue weighted by Gasteiger charge is 2.27. The summed E-state index contributed by atoms with van der Waals surface area (Å²) in [6.07, 6.45) is -4.27. The van der Waals surface area contributed by atoms with E-state index in [-0.39, 0.29) is 12.4 Å². The van der Waals surface area contributed by atoms with E-state index in [4.69, 9.17) is 5.11 Å². The van der Waals surface area contributed by atoms with E-state index >= 15 is 0 Å². The van der Waals surface area contributed by atoms with Crippen molar-refractivity contribution in [3.63, 3.8) is 0 Å². The minimum atomic E-state index is -4.27. The summed E-state index contributed by atoms with van der Waals surface area (Å²) >= 11 is 1.33. The van der Waals surface area contributed by atoms with Crippen LogP contribution in [0, 0.1) is 0 Å². The molecular weight excluding hydrogens is 241 g/mol. The van der Waals surface area contributed by atoms with Crippen molar-refractivity contribution in [1.29, 1.82) is 0 Å². The topological polar surface area (TPSA) is 29.5 Å². The number of alkyl halides is 3. The first-order valence-corrected chi connectivity index (χ1v) is 5.52. The van der Waals surface area contributed by atoms with Crippen molar-refractivity contribution in [2.24, 2.45) is 0 Å². The Balaban J connectivity index is 2.17. The number of aromatic hydroxyl groups is 1. The molecule has 0 aromatic heterocycles. The summed E-state index contributed by atoms with van der Waals surface area (Å²) in [5.41, 5.74) is 0. The molecule has 0 aliphatic heterocycles. The second-order valence-electron chi connectivity index (χ2n) is 3.01. The first-order valence-electron chi connectivity index (χ1n) is 4.54. The molecule has 0 saturated carbocycles. The average molecular weight is 252 g/mol. The van der Waals surface area contributed by atoms with E-state index in [0.717, 1.165) is 4.90 Å². The molecule has 0 heterocycles. The van der Waals surface area contributed by atoms with Gasteiger partial charge in [-0.1, -0.05) is 6.07 Å². The van der Waals surface area contributed by atoms with Crippen LogP contribution in [0.25, 0.3) is 0 Å². The number of hydrogen-bond acceptors (Lipinski definition) is 3. The molecule has 0 amide bonds.